The molecule has 1 N–H and O–H groups in total. The standard InChI is InChI=1S/C23H24ClN3O6S/c1-5-31-22(29)18-14(4)19(23(30)32-6-2)34-21(18)25-20(28)17-9-10-27(26-17)12-33-15-7-8-16(24)13(3)11-15/h7-11H,5-6,12H2,1-4H3,(H,25,28). The molecule has 0 aliphatic carbocycles. The van der Waals surface area contributed by atoms with Crippen molar-refractivity contribution in [1.82, 2.24) is 9.78 Å². The summed E-state index contributed by atoms with van der Waals surface area (Å²) < 4.78 is 17.3. The van der Waals surface area contributed by atoms with Gasteiger partial charge >= 0.3 is 11.9 Å². The van der Waals surface area contributed by atoms with Crippen LogP contribution in [0.5, 0.6) is 5.75 Å². The Kier molecular flexibility index (Phi) is 8.30. The number of aryl methyl sites for hydroxylation is 1. The molecule has 180 valence electrons. The summed E-state index contributed by atoms with van der Waals surface area (Å²) in [6.45, 7) is 7.24. The number of benzene rings is 1. The zero-order valence-corrected chi connectivity index (χ0v) is 20.7. The maximum absolute atomic E-state index is 12.8. The summed E-state index contributed by atoms with van der Waals surface area (Å²) in [7, 11) is 0. The second kappa shape index (κ2) is 11.2. The number of hydrogen-bond acceptors (Lipinski definition) is 8. The molecule has 0 saturated carbocycles. The molecule has 34 heavy (non-hydrogen) atoms. The molecule has 2 aromatic heterocycles. The summed E-state index contributed by atoms with van der Waals surface area (Å²) in [5.74, 6) is -1.15. The molecule has 0 spiro atoms. The van der Waals surface area contributed by atoms with Crippen molar-refractivity contribution in [1.29, 1.82) is 0 Å². The fourth-order valence-corrected chi connectivity index (χ4v) is 4.21. The number of ether oxygens (including phenoxy) is 3. The van der Waals surface area contributed by atoms with Crippen LogP contribution in [-0.2, 0) is 16.2 Å². The first-order chi connectivity index (χ1) is 16.2. The van der Waals surface area contributed by atoms with Crippen LogP contribution >= 0.6 is 22.9 Å². The summed E-state index contributed by atoms with van der Waals surface area (Å²) in [5.41, 5.74) is 1.48. The molecule has 0 aliphatic rings. The van der Waals surface area contributed by atoms with Gasteiger partial charge in [0.1, 0.15) is 15.6 Å². The number of halogens is 1. The number of hydrogen-bond donors (Lipinski definition) is 1. The molecule has 1 amide bonds. The lowest BCUT2D eigenvalue weighted by Crippen LogP contribution is -2.16. The van der Waals surface area contributed by atoms with Crippen LogP contribution in [0.3, 0.4) is 0 Å². The van der Waals surface area contributed by atoms with Crippen molar-refractivity contribution < 1.29 is 28.6 Å². The van der Waals surface area contributed by atoms with Crippen LogP contribution in [0.1, 0.15) is 55.5 Å². The van der Waals surface area contributed by atoms with Crippen molar-refractivity contribution in [3.05, 3.63) is 62.7 Å². The zero-order valence-electron chi connectivity index (χ0n) is 19.1. The second-order valence-electron chi connectivity index (χ2n) is 7.08. The third-order valence-corrected chi connectivity index (χ3v) is 6.29. The van der Waals surface area contributed by atoms with E-state index < -0.39 is 17.8 Å². The lowest BCUT2D eigenvalue weighted by molar-refractivity contribution is 0.0527. The van der Waals surface area contributed by atoms with E-state index >= 15 is 0 Å². The number of carbonyl (C=O) groups is 3. The summed E-state index contributed by atoms with van der Waals surface area (Å²) in [6.07, 6.45) is 1.59. The normalized spacial score (nSPS) is 10.6. The predicted octanol–water partition coefficient (Wildman–Crippen LogP) is 4.86. The number of amides is 1. The van der Waals surface area contributed by atoms with E-state index in [0.717, 1.165) is 16.9 Å². The Balaban J connectivity index is 1.76. The average molecular weight is 506 g/mol. The minimum atomic E-state index is -0.640. The molecule has 0 aliphatic heterocycles. The number of esters is 2. The van der Waals surface area contributed by atoms with E-state index in [4.69, 9.17) is 25.8 Å². The van der Waals surface area contributed by atoms with E-state index in [2.05, 4.69) is 10.4 Å². The number of rotatable bonds is 9. The molecule has 0 fully saturated rings. The van der Waals surface area contributed by atoms with Crippen molar-refractivity contribution in [2.24, 2.45) is 0 Å². The van der Waals surface area contributed by atoms with Gasteiger partial charge in [0.05, 0.1) is 18.8 Å². The van der Waals surface area contributed by atoms with Crippen LogP contribution < -0.4 is 10.1 Å². The third kappa shape index (κ3) is 5.75. The van der Waals surface area contributed by atoms with E-state index in [0.29, 0.717) is 16.3 Å². The number of nitrogens with zero attached hydrogens (tertiary/aromatic N) is 2. The van der Waals surface area contributed by atoms with Crippen molar-refractivity contribution in [2.75, 3.05) is 18.5 Å². The van der Waals surface area contributed by atoms with Crippen molar-refractivity contribution >= 4 is 45.8 Å². The summed E-state index contributed by atoms with van der Waals surface area (Å²) in [5, 5.41) is 7.71. The molecule has 3 rings (SSSR count). The summed E-state index contributed by atoms with van der Waals surface area (Å²) in [4.78, 5) is 37.8. The Bertz CT molecular complexity index is 1220. The quantitative estimate of drug-likeness (QED) is 0.414. The van der Waals surface area contributed by atoms with Gasteiger partial charge in [0.15, 0.2) is 12.4 Å². The Morgan fingerprint density at radius 3 is 2.47 bits per heavy atom. The third-order valence-electron chi connectivity index (χ3n) is 4.68. The van der Waals surface area contributed by atoms with Crippen molar-refractivity contribution in [2.45, 2.75) is 34.4 Å². The fraction of sp³-hybridized carbons (Fsp3) is 0.304. The number of anilines is 1. The molecule has 3 aromatic rings. The molecule has 2 heterocycles. The van der Waals surface area contributed by atoms with Crippen LogP contribution in [-0.4, -0.2) is 40.8 Å². The zero-order chi connectivity index (χ0) is 24.8. The lowest BCUT2D eigenvalue weighted by Gasteiger charge is -2.08. The molecule has 1 aromatic carbocycles. The van der Waals surface area contributed by atoms with Gasteiger partial charge < -0.3 is 19.5 Å². The van der Waals surface area contributed by atoms with Gasteiger partial charge in [-0.2, -0.15) is 5.10 Å². The molecular weight excluding hydrogens is 482 g/mol. The molecule has 0 unspecified atom stereocenters. The van der Waals surface area contributed by atoms with Gasteiger partial charge in [-0.25, -0.2) is 14.3 Å². The molecule has 11 heteroatoms. The van der Waals surface area contributed by atoms with Crippen LogP contribution in [0.15, 0.2) is 30.5 Å². The van der Waals surface area contributed by atoms with Gasteiger partial charge in [0, 0.05) is 11.2 Å². The largest absolute Gasteiger partial charge is 0.471 e. The van der Waals surface area contributed by atoms with Crippen LogP contribution in [0, 0.1) is 13.8 Å². The Hall–Kier alpha value is -3.37. The van der Waals surface area contributed by atoms with Gasteiger partial charge in [-0.05, 0) is 63.1 Å². The minimum absolute atomic E-state index is 0.0769. The molecular formula is C23H24ClN3O6S. The molecule has 0 radical (unpaired) electrons. The topological polar surface area (TPSA) is 109 Å². The van der Waals surface area contributed by atoms with E-state index in [1.165, 1.54) is 10.7 Å². The van der Waals surface area contributed by atoms with E-state index in [9.17, 15) is 14.4 Å². The van der Waals surface area contributed by atoms with Crippen molar-refractivity contribution in [3.8, 4) is 5.75 Å². The van der Waals surface area contributed by atoms with Gasteiger partial charge in [0.25, 0.3) is 5.91 Å². The number of aromatic nitrogens is 2. The predicted molar refractivity (Wildman–Crippen MR) is 128 cm³/mol. The maximum Gasteiger partial charge on any atom is 0.348 e. The van der Waals surface area contributed by atoms with Crippen molar-refractivity contribution in [3.63, 3.8) is 0 Å². The SMILES string of the molecule is CCOC(=O)c1sc(NC(=O)c2ccn(COc3ccc(Cl)c(C)c3)n2)c(C(=O)OCC)c1C. The lowest BCUT2D eigenvalue weighted by atomic mass is 10.1. The number of thiophene rings is 1. The van der Waals surface area contributed by atoms with Gasteiger partial charge in [-0.15, -0.1) is 11.3 Å². The van der Waals surface area contributed by atoms with Crippen LogP contribution in [0.4, 0.5) is 5.00 Å². The Morgan fingerprint density at radius 1 is 1.09 bits per heavy atom. The van der Waals surface area contributed by atoms with Gasteiger partial charge in [0.2, 0.25) is 0 Å². The van der Waals surface area contributed by atoms with Gasteiger partial charge in [-0.3, -0.25) is 4.79 Å². The van der Waals surface area contributed by atoms with E-state index in [1.54, 1.807) is 45.2 Å². The number of carbonyl (C=O) groups excluding carboxylic acids is 3. The van der Waals surface area contributed by atoms with Crippen LogP contribution in [0.2, 0.25) is 5.02 Å². The van der Waals surface area contributed by atoms with Gasteiger partial charge in [-0.1, -0.05) is 11.6 Å². The molecule has 0 bridgehead atoms. The highest BCUT2D eigenvalue weighted by Gasteiger charge is 2.27. The fourth-order valence-electron chi connectivity index (χ4n) is 3.01. The van der Waals surface area contributed by atoms with Crippen LogP contribution in [0.25, 0.3) is 0 Å². The summed E-state index contributed by atoms with van der Waals surface area (Å²) in [6, 6.07) is 6.80. The Labute approximate surface area is 205 Å². The maximum atomic E-state index is 12.8. The molecule has 0 saturated heterocycles. The highest BCUT2D eigenvalue weighted by atomic mass is 35.5. The van der Waals surface area contributed by atoms with E-state index in [1.807, 2.05) is 6.92 Å². The summed E-state index contributed by atoms with van der Waals surface area (Å²) >= 11 is 6.97. The monoisotopic (exact) mass is 505 g/mol. The highest BCUT2D eigenvalue weighted by Crippen LogP contribution is 2.34. The Morgan fingerprint density at radius 2 is 1.79 bits per heavy atom. The first-order valence-electron chi connectivity index (χ1n) is 10.5. The second-order valence-corrected chi connectivity index (χ2v) is 8.51. The average Bonchev–Trinajstić information content (AvgIpc) is 3.39. The first kappa shape index (κ1) is 25.3. The first-order valence-corrected chi connectivity index (χ1v) is 11.7. The smallest absolute Gasteiger partial charge is 0.348 e. The minimum Gasteiger partial charge on any atom is -0.471 e. The highest BCUT2D eigenvalue weighted by molar-refractivity contribution is 7.18. The number of nitrogens with one attached hydrogen (secondary N) is 1. The molecule has 9 nitrogen and oxygen atoms in total. The molecule has 0 atom stereocenters. The van der Waals surface area contributed by atoms with E-state index in [-0.39, 0.29) is 41.1 Å².